The Bertz CT molecular complexity index is 1040. The second-order valence-corrected chi connectivity index (χ2v) is 9.55. The van der Waals surface area contributed by atoms with Crippen LogP contribution in [0.5, 0.6) is 5.75 Å². The van der Waals surface area contributed by atoms with Crippen LogP contribution in [0.1, 0.15) is 39.2 Å². The summed E-state index contributed by atoms with van der Waals surface area (Å²) in [6, 6.07) is 7.59. The highest BCUT2D eigenvalue weighted by Gasteiger charge is 2.40. The summed E-state index contributed by atoms with van der Waals surface area (Å²) in [6.45, 7) is 5.41. The van der Waals surface area contributed by atoms with E-state index in [4.69, 9.17) is 9.47 Å². The SMILES string of the molecule is O=C1CC[C@H](N2Cc3c(csc3COc3ccc(CCN4CCOCC4)cc3)C2=O)C(=O)N1. The molecule has 2 fully saturated rings. The van der Waals surface area contributed by atoms with Gasteiger partial charge in [0.05, 0.1) is 18.8 Å². The van der Waals surface area contributed by atoms with Crippen molar-refractivity contribution in [2.75, 3.05) is 32.8 Å². The number of carbonyl (C=O) groups is 3. The predicted octanol–water partition coefficient (Wildman–Crippen LogP) is 1.96. The molecule has 174 valence electrons. The maximum Gasteiger partial charge on any atom is 0.256 e. The van der Waals surface area contributed by atoms with E-state index in [2.05, 4.69) is 22.3 Å². The van der Waals surface area contributed by atoms with E-state index in [-0.39, 0.29) is 24.1 Å². The molecule has 0 saturated carbocycles. The van der Waals surface area contributed by atoms with Crippen molar-refractivity contribution in [1.29, 1.82) is 0 Å². The van der Waals surface area contributed by atoms with E-state index < -0.39 is 6.04 Å². The number of ether oxygens (including phenoxy) is 2. The van der Waals surface area contributed by atoms with E-state index in [0.29, 0.717) is 25.1 Å². The van der Waals surface area contributed by atoms with Crippen LogP contribution in [0.2, 0.25) is 0 Å². The zero-order valence-electron chi connectivity index (χ0n) is 18.4. The number of thiophene rings is 1. The van der Waals surface area contributed by atoms with Crippen LogP contribution in [-0.4, -0.2) is 66.4 Å². The lowest BCUT2D eigenvalue weighted by molar-refractivity contribution is -0.136. The molecule has 3 aliphatic heterocycles. The van der Waals surface area contributed by atoms with Crippen molar-refractivity contribution in [1.82, 2.24) is 15.1 Å². The van der Waals surface area contributed by atoms with Crippen molar-refractivity contribution < 1.29 is 23.9 Å². The summed E-state index contributed by atoms with van der Waals surface area (Å²) in [5, 5.41) is 4.18. The van der Waals surface area contributed by atoms with Crippen molar-refractivity contribution in [2.45, 2.75) is 38.5 Å². The Morgan fingerprint density at radius 1 is 1.12 bits per heavy atom. The quantitative estimate of drug-likeness (QED) is 0.624. The summed E-state index contributed by atoms with van der Waals surface area (Å²) in [7, 11) is 0. The molecule has 33 heavy (non-hydrogen) atoms. The molecule has 2 saturated heterocycles. The molecular formula is C24H27N3O5S. The maximum absolute atomic E-state index is 12.8. The summed E-state index contributed by atoms with van der Waals surface area (Å²) in [5.74, 6) is -0.0246. The highest BCUT2D eigenvalue weighted by atomic mass is 32.1. The van der Waals surface area contributed by atoms with Crippen molar-refractivity contribution in [2.24, 2.45) is 0 Å². The number of morpholine rings is 1. The molecule has 0 unspecified atom stereocenters. The van der Waals surface area contributed by atoms with Crippen LogP contribution in [0.15, 0.2) is 29.6 Å². The Hall–Kier alpha value is -2.75. The average Bonchev–Trinajstić information content (AvgIpc) is 3.38. The molecule has 3 aliphatic rings. The molecule has 1 N–H and O–H groups in total. The van der Waals surface area contributed by atoms with Gasteiger partial charge in [-0.15, -0.1) is 11.3 Å². The third kappa shape index (κ3) is 4.80. The number of piperidine rings is 1. The average molecular weight is 470 g/mol. The van der Waals surface area contributed by atoms with E-state index in [1.807, 2.05) is 17.5 Å². The molecule has 1 atom stereocenters. The van der Waals surface area contributed by atoms with Gasteiger partial charge in [-0.05, 0) is 30.5 Å². The molecule has 0 radical (unpaired) electrons. The first-order valence-corrected chi connectivity index (χ1v) is 12.2. The van der Waals surface area contributed by atoms with Gasteiger partial charge in [0.25, 0.3) is 5.91 Å². The molecule has 0 bridgehead atoms. The number of nitrogens with one attached hydrogen (secondary N) is 1. The molecule has 1 aromatic heterocycles. The summed E-state index contributed by atoms with van der Waals surface area (Å²) in [4.78, 5) is 41.5. The maximum atomic E-state index is 12.8. The van der Waals surface area contributed by atoms with Crippen LogP contribution in [0, 0.1) is 0 Å². The number of benzene rings is 1. The lowest BCUT2D eigenvalue weighted by atomic mass is 10.0. The second-order valence-electron chi connectivity index (χ2n) is 8.59. The highest BCUT2D eigenvalue weighted by molar-refractivity contribution is 7.10. The van der Waals surface area contributed by atoms with Gasteiger partial charge in [0.15, 0.2) is 0 Å². The zero-order chi connectivity index (χ0) is 22.8. The fraction of sp³-hybridized carbons (Fsp3) is 0.458. The number of carbonyl (C=O) groups excluding carboxylic acids is 3. The van der Waals surface area contributed by atoms with Gasteiger partial charge in [0.2, 0.25) is 11.8 Å². The largest absolute Gasteiger partial charge is 0.488 e. The molecule has 1 aromatic carbocycles. The van der Waals surface area contributed by atoms with E-state index >= 15 is 0 Å². The summed E-state index contributed by atoms with van der Waals surface area (Å²) in [6.07, 6.45) is 1.62. The van der Waals surface area contributed by atoms with Crippen molar-refractivity contribution in [3.8, 4) is 5.75 Å². The number of amides is 3. The molecule has 2 aromatic rings. The lowest BCUT2D eigenvalue weighted by Gasteiger charge is -2.29. The topological polar surface area (TPSA) is 88.2 Å². The van der Waals surface area contributed by atoms with Gasteiger partial charge in [-0.3, -0.25) is 24.6 Å². The summed E-state index contributed by atoms with van der Waals surface area (Å²) in [5.41, 5.74) is 2.84. The monoisotopic (exact) mass is 469 g/mol. The molecular weight excluding hydrogens is 442 g/mol. The normalized spacial score (nSPS) is 21.3. The molecule has 0 spiro atoms. The second kappa shape index (κ2) is 9.62. The Kier molecular flexibility index (Phi) is 6.43. The molecule has 4 heterocycles. The van der Waals surface area contributed by atoms with Gasteiger partial charge in [-0.1, -0.05) is 12.1 Å². The fourth-order valence-corrected chi connectivity index (χ4v) is 5.48. The van der Waals surface area contributed by atoms with Crippen LogP contribution in [0.25, 0.3) is 0 Å². The van der Waals surface area contributed by atoms with Crippen molar-refractivity contribution in [3.05, 3.63) is 51.2 Å². The van der Waals surface area contributed by atoms with Crippen LogP contribution in [0.3, 0.4) is 0 Å². The zero-order valence-corrected chi connectivity index (χ0v) is 19.2. The summed E-state index contributed by atoms with van der Waals surface area (Å²) >= 11 is 1.51. The van der Waals surface area contributed by atoms with Gasteiger partial charge in [-0.2, -0.15) is 0 Å². The minimum atomic E-state index is -0.591. The standard InChI is InChI=1S/C24H27N3O5S/c28-22-6-5-20(23(29)25-22)27-13-18-19(24(27)30)15-33-21(18)14-32-17-3-1-16(2-4-17)7-8-26-9-11-31-12-10-26/h1-4,15,20H,5-14H2,(H,25,28,29)/t20-/m0/s1. The Morgan fingerprint density at radius 3 is 2.67 bits per heavy atom. The highest BCUT2D eigenvalue weighted by Crippen LogP contribution is 2.34. The van der Waals surface area contributed by atoms with Gasteiger partial charge in [-0.25, -0.2) is 0 Å². The first-order valence-electron chi connectivity index (χ1n) is 11.3. The third-order valence-corrected chi connectivity index (χ3v) is 7.50. The Labute approximate surface area is 196 Å². The van der Waals surface area contributed by atoms with Gasteiger partial charge in [0, 0.05) is 48.4 Å². The molecule has 3 amide bonds. The fourth-order valence-electron chi connectivity index (χ4n) is 4.54. The van der Waals surface area contributed by atoms with Gasteiger partial charge in [0.1, 0.15) is 18.4 Å². The first-order chi connectivity index (χ1) is 16.1. The van der Waals surface area contributed by atoms with Crippen LogP contribution < -0.4 is 10.1 Å². The lowest BCUT2D eigenvalue weighted by Crippen LogP contribution is -2.52. The molecule has 9 heteroatoms. The predicted molar refractivity (Wildman–Crippen MR) is 122 cm³/mol. The van der Waals surface area contributed by atoms with E-state index in [1.165, 1.54) is 16.9 Å². The van der Waals surface area contributed by atoms with Crippen LogP contribution >= 0.6 is 11.3 Å². The molecule has 8 nitrogen and oxygen atoms in total. The van der Waals surface area contributed by atoms with Crippen molar-refractivity contribution >= 4 is 29.1 Å². The molecule has 0 aliphatic carbocycles. The van der Waals surface area contributed by atoms with Gasteiger partial charge >= 0.3 is 0 Å². The number of rotatable bonds is 7. The minimum Gasteiger partial charge on any atom is -0.488 e. The van der Waals surface area contributed by atoms with E-state index in [9.17, 15) is 14.4 Å². The molecule has 5 rings (SSSR count). The van der Waals surface area contributed by atoms with Crippen LogP contribution in [-0.2, 0) is 33.9 Å². The first kappa shape index (κ1) is 22.1. The number of nitrogens with zero attached hydrogens (tertiary/aromatic N) is 2. The Morgan fingerprint density at radius 2 is 1.91 bits per heavy atom. The van der Waals surface area contributed by atoms with Crippen LogP contribution in [0.4, 0.5) is 0 Å². The minimum absolute atomic E-state index is 0.147. The Balaban J connectivity index is 1.16. The third-order valence-electron chi connectivity index (χ3n) is 6.50. The van der Waals surface area contributed by atoms with E-state index in [0.717, 1.165) is 55.5 Å². The summed E-state index contributed by atoms with van der Waals surface area (Å²) < 4.78 is 11.4. The number of hydrogen-bond donors (Lipinski definition) is 1. The van der Waals surface area contributed by atoms with Crippen molar-refractivity contribution in [3.63, 3.8) is 0 Å². The smallest absolute Gasteiger partial charge is 0.256 e. The van der Waals surface area contributed by atoms with E-state index in [1.54, 1.807) is 4.90 Å². The number of imide groups is 1. The van der Waals surface area contributed by atoms with Gasteiger partial charge < -0.3 is 14.4 Å². The number of fused-ring (bicyclic) bond motifs is 1. The number of hydrogen-bond acceptors (Lipinski definition) is 7.